The summed E-state index contributed by atoms with van der Waals surface area (Å²) in [5, 5.41) is 0. The summed E-state index contributed by atoms with van der Waals surface area (Å²) < 4.78 is 24.4. The third-order valence-corrected chi connectivity index (χ3v) is 9.44. The van der Waals surface area contributed by atoms with Crippen LogP contribution < -0.4 is 12.4 Å². The molecule has 11 heteroatoms. The molecule has 22 heavy (non-hydrogen) atoms. The second kappa shape index (κ2) is 7.85. The van der Waals surface area contributed by atoms with E-state index in [0.717, 1.165) is 19.4 Å². The molecular weight excluding hydrogens is 372 g/mol. The predicted molar refractivity (Wildman–Crippen MR) is 84.5 cm³/mol. The summed E-state index contributed by atoms with van der Waals surface area (Å²) in [4.78, 5) is 36.4. The summed E-state index contributed by atoms with van der Waals surface area (Å²) >= 11 is 3.95. The maximum atomic E-state index is 11.9. The van der Waals surface area contributed by atoms with E-state index in [-0.39, 0.29) is 37.0 Å². The van der Waals surface area contributed by atoms with Crippen molar-refractivity contribution in [1.82, 2.24) is 0 Å². The number of hydrogen-bond donors (Lipinski definition) is 5. The Hall–Kier alpha value is 0.900. The molecule has 1 unspecified atom stereocenters. The Morgan fingerprint density at radius 2 is 1.64 bits per heavy atom. The van der Waals surface area contributed by atoms with Gasteiger partial charge in [0.2, 0.25) is 0 Å². The Balaban J connectivity index is 0.00000441. The van der Waals surface area contributed by atoms with E-state index in [9.17, 15) is 28.7 Å². The van der Waals surface area contributed by atoms with Crippen molar-refractivity contribution in [3.05, 3.63) is 0 Å². The molecule has 134 valence electrons. The number of nitrogens with zero attached hydrogens (tertiary/aromatic N) is 1. The quantitative estimate of drug-likeness (QED) is 0.209. The highest BCUT2D eigenvalue weighted by Crippen LogP contribution is 2.73. The van der Waals surface area contributed by atoms with E-state index in [0.29, 0.717) is 10.9 Å². The van der Waals surface area contributed by atoms with Gasteiger partial charge in [-0.25, -0.2) is 0 Å². The van der Waals surface area contributed by atoms with E-state index in [1.165, 1.54) is 0 Å². The molecule has 1 aliphatic heterocycles. The zero-order valence-electron chi connectivity index (χ0n) is 12.8. The largest absolute Gasteiger partial charge is 1.00 e. The normalized spacial score (nSPS) is 23.0. The van der Waals surface area contributed by atoms with E-state index >= 15 is 0 Å². The fourth-order valence-corrected chi connectivity index (χ4v) is 6.93. The molecule has 0 radical (unpaired) electrons. The van der Waals surface area contributed by atoms with Crippen LogP contribution in [0.1, 0.15) is 32.1 Å². The van der Waals surface area contributed by atoms with Gasteiger partial charge in [0.25, 0.3) is 0 Å². The zero-order valence-corrected chi connectivity index (χ0v) is 16.2. The number of rotatable bonds is 6. The lowest BCUT2D eigenvalue weighted by Crippen LogP contribution is -3.00. The van der Waals surface area contributed by atoms with Crippen molar-refractivity contribution in [2.75, 3.05) is 26.4 Å². The van der Waals surface area contributed by atoms with Crippen LogP contribution in [0.4, 0.5) is 0 Å². The first kappa shape index (κ1) is 22.9. The summed E-state index contributed by atoms with van der Waals surface area (Å²) in [6.45, 7) is 0.837. The molecule has 0 aromatic rings. The topological polar surface area (TPSA) is 115 Å². The van der Waals surface area contributed by atoms with Crippen molar-refractivity contribution in [3.63, 3.8) is 0 Å². The van der Waals surface area contributed by atoms with Crippen LogP contribution in [0.15, 0.2) is 0 Å². The van der Waals surface area contributed by atoms with Gasteiger partial charge in [-0.2, -0.15) is 12.6 Å². The van der Waals surface area contributed by atoms with Crippen LogP contribution in [0.3, 0.4) is 0 Å². The van der Waals surface area contributed by atoms with E-state index in [4.69, 9.17) is 0 Å². The first-order valence-electron chi connectivity index (χ1n) is 6.92. The molecule has 1 heterocycles. The average molecular weight is 398 g/mol. The standard InChI is InChI=1S/C11H25NO6P2S.ClH/c1-12(2)7-4-3-5-10(12)9-11(6-8-21,19(13,14)15)20(16,17)18;/h10H,3-9H2,1-2H3,(H4-,13,14,15,16,17,18,21);1H. The predicted octanol–water partition coefficient (Wildman–Crippen LogP) is -1.62. The van der Waals surface area contributed by atoms with Gasteiger partial charge in [-0.3, -0.25) is 9.13 Å². The van der Waals surface area contributed by atoms with Crippen LogP contribution in [-0.4, -0.2) is 61.4 Å². The summed E-state index contributed by atoms with van der Waals surface area (Å²) in [5.74, 6) is 0.0103. The molecular formula is C11H26ClNO6P2S. The molecule has 0 saturated carbocycles. The van der Waals surface area contributed by atoms with Crippen molar-refractivity contribution in [2.24, 2.45) is 0 Å². The van der Waals surface area contributed by atoms with Crippen molar-refractivity contribution < 1.29 is 45.6 Å². The third-order valence-electron chi connectivity index (χ3n) is 4.67. The van der Waals surface area contributed by atoms with Gasteiger partial charge < -0.3 is 36.5 Å². The van der Waals surface area contributed by atoms with Crippen LogP contribution >= 0.6 is 27.8 Å². The fourth-order valence-electron chi connectivity index (χ4n) is 3.14. The summed E-state index contributed by atoms with van der Waals surface area (Å²) in [6.07, 6.45) is 2.14. The lowest BCUT2D eigenvalue weighted by Gasteiger charge is -2.46. The minimum absolute atomic E-state index is 0. The molecule has 1 atom stereocenters. The molecule has 0 amide bonds. The lowest BCUT2D eigenvalue weighted by atomic mass is 9.95. The van der Waals surface area contributed by atoms with E-state index < -0.39 is 20.1 Å². The molecule has 0 aromatic heterocycles. The van der Waals surface area contributed by atoms with Crippen molar-refractivity contribution in [2.45, 2.75) is 43.0 Å². The van der Waals surface area contributed by atoms with E-state index in [2.05, 4.69) is 12.6 Å². The highest BCUT2D eigenvalue weighted by Gasteiger charge is 2.61. The molecule has 4 N–H and O–H groups in total. The molecule has 1 fully saturated rings. The van der Waals surface area contributed by atoms with Gasteiger partial charge in [0.05, 0.1) is 26.7 Å². The van der Waals surface area contributed by atoms with Gasteiger partial charge in [-0.1, -0.05) is 0 Å². The van der Waals surface area contributed by atoms with Gasteiger partial charge in [-0.05, 0) is 31.4 Å². The Kier molecular flexibility index (Phi) is 8.18. The minimum Gasteiger partial charge on any atom is -1.00 e. The number of hydrogen-bond acceptors (Lipinski definition) is 3. The summed E-state index contributed by atoms with van der Waals surface area (Å²) in [5.41, 5.74) is 0. The molecule has 1 rings (SSSR count). The van der Waals surface area contributed by atoms with Crippen LogP contribution in [-0.2, 0) is 9.13 Å². The average Bonchev–Trinajstić information content (AvgIpc) is 2.27. The number of piperidine rings is 1. The van der Waals surface area contributed by atoms with Gasteiger partial charge >= 0.3 is 15.2 Å². The van der Waals surface area contributed by atoms with Crippen LogP contribution in [0, 0.1) is 0 Å². The molecule has 0 bridgehead atoms. The Labute approximate surface area is 143 Å². The maximum Gasteiger partial charge on any atom is 0.344 e. The highest BCUT2D eigenvalue weighted by atomic mass is 35.5. The molecule has 0 aliphatic carbocycles. The Morgan fingerprint density at radius 1 is 1.14 bits per heavy atom. The van der Waals surface area contributed by atoms with Crippen LogP contribution in [0.2, 0.25) is 0 Å². The van der Waals surface area contributed by atoms with Crippen molar-refractivity contribution in [3.8, 4) is 0 Å². The highest BCUT2D eigenvalue weighted by molar-refractivity contribution is 7.80. The van der Waals surface area contributed by atoms with E-state index in [1.807, 2.05) is 14.1 Å². The van der Waals surface area contributed by atoms with Crippen molar-refractivity contribution >= 4 is 27.8 Å². The lowest BCUT2D eigenvalue weighted by molar-refractivity contribution is -0.920. The van der Waals surface area contributed by atoms with Gasteiger partial charge in [-0.15, -0.1) is 0 Å². The van der Waals surface area contributed by atoms with Crippen LogP contribution in [0.5, 0.6) is 0 Å². The molecule has 1 aliphatic rings. The smallest absolute Gasteiger partial charge is 0.344 e. The second-order valence-electron chi connectivity index (χ2n) is 6.40. The van der Waals surface area contributed by atoms with Gasteiger partial charge in [0, 0.05) is 6.42 Å². The third kappa shape index (κ3) is 4.71. The summed E-state index contributed by atoms with van der Waals surface area (Å²) in [7, 11) is -6.10. The number of quaternary nitrogens is 1. The fraction of sp³-hybridized carbons (Fsp3) is 1.00. The SMILES string of the molecule is C[N+]1(C)CCCCC1CC(CCS)(P(=O)(O)O)P(=O)(O)O.[Cl-]. The molecule has 1 saturated heterocycles. The first-order valence-corrected chi connectivity index (χ1v) is 10.8. The molecule has 0 aromatic carbocycles. The zero-order chi connectivity index (χ0) is 16.5. The minimum atomic E-state index is -4.99. The molecule has 0 spiro atoms. The number of likely N-dealkylation sites (tertiary alicyclic amines) is 1. The number of halogens is 1. The Bertz CT molecular complexity index is 443. The molecule has 7 nitrogen and oxygen atoms in total. The summed E-state index contributed by atoms with van der Waals surface area (Å²) in [6, 6.07) is -0.182. The maximum absolute atomic E-state index is 11.9. The first-order chi connectivity index (χ1) is 9.37. The monoisotopic (exact) mass is 397 g/mol. The van der Waals surface area contributed by atoms with Gasteiger partial charge in [0.15, 0.2) is 4.90 Å². The van der Waals surface area contributed by atoms with Gasteiger partial charge in [0.1, 0.15) is 0 Å². The second-order valence-corrected chi connectivity index (χ2v) is 11.1. The van der Waals surface area contributed by atoms with Crippen LogP contribution in [0.25, 0.3) is 0 Å². The Morgan fingerprint density at radius 3 is 2.00 bits per heavy atom. The number of thiol groups is 1. The van der Waals surface area contributed by atoms with Crippen molar-refractivity contribution in [1.29, 1.82) is 0 Å². The van der Waals surface area contributed by atoms with E-state index in [1.54, 1.807) is 0 Å².